The largest absolute Gasteiger partial charge is 0.504 e. The fraction of sp³-hybridized carbons (Fsp3) is 0.143. The van der Waals surface area contributed by atoms with Crippen molar-refractivity contribution in [3.8, 4) is 11.5 Å². The van der Waals surface area contributed by atoms with E-state index in [9.17, 15) is 17.6 Å². The maximum atomic E-state index is 12.5. The van der Waals surface area contributed by atoms with E-state index >= 15 is 0 Å². The highest BCUT2D eigenvalue weighted by atomic mass is 19.3. The van der Waals surface area contributed by atoms with Crippen molar-refractivity contribution in [1.82, 2.24) is 0 Å². The van der Waals surface area contributed by atoms with Crippen LogP contribution in [0.25, 0.3) is 0 Å². The molecule has 0 saturated heterocycles. The molecule has 13 heavy (non-hydrogen) atoms. The van der Waals surface area contributed by atoms with Gasteiger partial charge in [0, 0.05) is 0 Å². The van der Waals surface area contributed by atoms with Crippen LogP contribution in [0.4, 0.5) is 17.6 Å². The van der Waals surface area contributed by atoms with Gasteiger partial charge in [-0.3, -0.25) is 0 Å². The first-order valence-corrected chi connectivity index (χ1v) is 3.13. The number of rotatable bonds is 1. The molecule has 1 aromatic carbocycles. The van der Waals surface area contributed by atoms with E-state index in [1.54, 1.807) is 0 Å². The summed E-state index contributed by atoms with van der Waals surface area (Å²) in [6, 6.07) is 0.179. The smallest absolute Gasteiger partial charge is 0.267 e. The Morgan fingerprint density at radius 1 is 1.08 bits per heavy atom. The second-order valence-electron chi connectivity index (χ2n) is 2.26. The standard InChI is InChI=1S/C7H4F4O2/c8-3-1-2(7(10)11)5(12)4(9)6(3)13/h1,7,12-13H. The summed E-state index contributed by atoms with van der Waals surface area (Å²) in [7, 11) is 0. The molecule has 2 N–H and O–H groups in total. The molecule has 0 spiro atoms. The van der Waals surface area contributed by atoms with Crippen LogP contribution < -0.4 is 0 Å². The first-order valence-electron chi connectivity index (χ1n) is 3.13. The average molecular weight is 196 g/mol. The van der Waals surface area contributed by atoms with Gasteiger partial charge in [0.1, 0.15) is 0 Å². The third-order valence-electron chi connectivity index (χ3n) is 1.43. The van der Waals surface area contributed by atoms with Crippen LogP contribution in [0.15, 0.2) is 6.07 Å². The molecule has 1 rings (SSSR count). The van der Waals surface area contributed by atoms with Gasteiger partial charge in [-0.05, 0) is 6.07 Å². The van der Waals surface area contributed by atoms with E-state index in [2.05, 4.69) is 0 Å². The topological polar surface area (TPSA) is 40.5 Å². The zero-order chi connectivity index (χ0) is 10.2. The first-order chi connectivity index (χ1) is 5.95. The van der Waals surface area contributed by atoms with Gasteiger partial charge in [0.2, 0.25) is 5.82 Å². The lowest BCUT2D eigenvalue weighted by Crippen LogP contribution is -1.92. The maximum Gasteiger partial charge on any atom is 0.267 e. The highest BCUT2D eigenvalue weighted by Gasteiger charge is 2.22. The molecule has 0 aliphatic heterocycles. The molecule has 0 aliphatic carbocycles. The highest BCUT2D eigenvalue weighted by Crippen LogP contribution is 2.36. The summed E-state index contributed by atoms with van der Waals surface area (Å²) in [5.41, 5.74) is -1.19. The third-order valence-corrected chi connectivity index (χ3v) is 1.43. The molecule has 0 bridgehead atoms. The number of halogens is 4. The fourth-order valence-electron chi connectivity index (χ4n) is 0.783. The number of aromatic hydroxyl groups is 2. The summed E-state index contributed by atoms with van der Waals surface area (Å²) in [5.74, 6) is -6.23. The Labute approximate surface area is 70.0 Å². The molecule has 0 saturated carbocycles. The molecular weight excluding hydrogens is 192 g/mol. The normalized spacial score (nSPS) is 10.8. The van der Waals surface area contributed by atoms with Gasteiger partial charge in [-0.2, -0.15) is 4.39 Å². The van der Waals surface area contributed by atoms with Crippen molar-refractivity contribution in [2.45, 2.75) is 6.43 Å². The summed E-state index contributed by atoms with van der Waals surface area (Å²) >= 11 is 0. The van der Waals surface area contributed by atoms with Crippen molar-refractivity contribution in [1.29, 1.82) is 0 Å². The van der Waals surface area contributed by atoms with Crippen LogP contribution in [0.3, 0.4) is 0 Å². The lowest BCUT2D eigenvalue weighted by Gasteiger charge is -2.05. The van der Waals surface area contributed by atoms with E-state index in [0.29, 0.717) is 0 Å². The van der Waals surface area contributed by atoms with Crippen LogP contribution in [0.5, 0.6) is 11.5 Å². The Morgan fingerprint density at radius 2 is 1.62 bits per heavy atom. The molecule has 0 heterocycles. The molecular formula is C7H4F4O2. The summed E-state index contributed by atoms with van der Waals surface area (Å²) in [6.07, 6.45) is -3.20. The SMILES string of the molecule is Oc1c(F)cc(C(F)F)c(O)c1F. The van der Waals surface area contributed by atoms with Gasteiger partial charge in [-0.15, -0.1) is 0 Å². The van der Waals surface area contributed by atoms with Gasteiger partial charge < -0.3 is 10.2 Å². The van der Waals surface area contributed by atoms with E-state index in [0.717, 1.165) is 0 Å². The van der Waals surface area contributed by atoms with Crippen molar-refractivity contribution in [2.24, 2.45) is 0 Å². The van der Waals surface area contributed by atoms with Gasteiger partial charge >= 0.3 is 0 Å². The Bertz CT molecular complexity index is 338. The zero-order valence-electron chi connectivity index (χ0n) is 6.06. The van der Waals surface area contributed by atoms with Gasteiger partial charge in [0.05, 0.1) is 5.56 Å². The van der Waals surface area contributed by atoms with Crippen molar-refractivity contribution in [2.75, 3.05) is 0 Å². The Balaban J connectivity index is 3.41. The Morgan fingerprint density at radius 3 is 2.08 bits per heavy atom. The average Bonchev–Trinajstić information content (AvgIpc) is 2.07. The fourth-order valence-corrected chi connectivity index (χ4v) is 0.783. The van der Waals surface area contributed by atoms with E-state index < -0.39 is 35.1 Å². The number of phenolic OH excluding ortho intramolecular Hbond substituents is 2. The van der Waals surface area contributed by atoms with E-state index in [1.165, 1.54) is 0 Å². The summed E-state index contributed by atoms with van der Waals surface area (Å²) in [4.78, 5) is 0. The lowest BCUT2D eigenvalue weighted by atomic mass is 10.2. The van der Waals surface area contributed by atoms with Gasteiger partial charge in [0.15, 0.2) is 17.3 Å². The lowest BCUT2D eigenvalue weighted by molar-refractivity contribution is 0.145. The molecule has 0 amide bonds. The van der Waals surface area contributed by atoms with Crippen LogP contribution in [0, 0.1) is 11.6 Å². The van der Waals surface area contributed by atoms with Crippen LogP contribution in [-0.2, 0) is 0 Å². The summed E-state index contributed by atoms with van der Waals surface area (Å²) < 4.78 is 48.9. The number of phenols is 2. The Kier molecular flexibility index (Phi) is 2.31. The molecule has 0 radical (unpaired) electrons. The van der Waals surface area contributed by atoms with Crippen LogP contribution >= 0.6 is 0 Å². The maximum absolute atomic E-state index is 12.5. The molecule has 72 valence electrons. The van der Waals surface area contributed by atoms with Crippen molar-refractivity contribution in [3.05, 3.63) is 23.3 Å². The third kappa shape index (κ3) is 1.51. The summed E-state index contributed by atoms with van der Waals surface area (Å²) in [6.45, 7) is 0. The van der Waals surface area contributed by atoms with Crippen molar-refractivity contribution >= 4 is 0 Å². The number of hydrogen-bond donors (Lipinski definition) is 2. The van der Waals surface area contributed by atoms with Gasteiger partial charge in [-0.25, -0.2) is 13.2 Å². The van der Waals surface area contributed by atoms with E-state index in [4.69, 9.17) is 10.2 Å². The quantitative estimate of drug-likeness (QED) is 0.676. The van der Waals surface area contributed by atoms with Crippen molar-refractivity contribution < 1.29 is 27.8 Å². The van der Waals surface area contributed by atoms with Crippen LogP contribution in [0.2, 0.25) is 0 Å². The molecule has 0 fully saturated rings. The molecule has 0 aromatic heterocycles. The van der Waals surface area contributed by atoms with Crippen molar-refractivity contribution in [3.63, 3.8) is 0 Å². The molecule has 0 unspecified atom stereocenters. The molecule has 2 nitrogen and oxygen atoms in total. The minimum Gasteiger partial charge on any atom is -0.504 e. The van der Waals surface area contributed by atoms with Crippen LogP contribution in [-0.4, -0.2) is 10.2 Å². The second kappa shape index (κ2) is 3.12. The van der Waals surface area contributed by atoms with Gasteiger partial charge in [0.25, 0.3) is 6.43 Å². The first kappa shape index (κ1) is 9.63. The number of alkyl halides is 2. The molecule has 6 heteroatoms. The molecule has 0 atom stereocenters. The summed E-state index contributed by atoms with van der Waals surface area (Å²) in [5, 5.41) is 17.2. The second-order valence-corrected chi connectivity index (χ2v) is 2.26. The van der Waals surface area contributed by atoms with E-state index in [-0.39, 0.29) is 6.07 Å². The minimum absolute atomic E-state index is 0.179. The van der Waals surface area contributed by atoms with Crippen LogP contribution in [0.1, 0.15) is 12.0 Å². The minimum atomic E-state index is -3.20. The Hall–Kier alpha value is -1.46. The highest BCUT2D eigenvalue weighted by molar-refractivity contribution is 5.42. The number of benzene rings is 1. The predicted octanol–water partition coefficient (Wildman–Crippen LogP) is 2.31. The molecule has 1 aromatic rings. The predicted molar refractivity (Wildman–Crippen MR) is 34.6 cm³/mol. The zero-order valence-corrected chi connectivity index (χ0v) is 6.06. The van der Waals surface area contributed by atoms with E-state index in [1.807, 2.05) is 0 Å². The monoisotopic (exact) mass is 196 g/mol. The molecule has 0 aliphatic rings. The number of hydrogen-bond acceptors (Lipinski definition) is 2. The van der Waals surface area contributed by atoms with Gasteiger partial charge in [-0.1, -0.05) is 0 Å².